The fourth-order valence-corrected chi connectivity index (χ4v) is 1.57. The molecule has 0 heterocycles. The first-order chi connectivity index (χ1) is 9.82. The molecule has 7 heteroatoms. The van der Waals surface area contributed by atoms with Crippen LogP contribution in [0.15, 0.2) is 30.3 Å². The third-order valence-corrected chi connectivity index (χ3v) is 3.06. The van der Waals surface area contributed by atoms with Crippen LogP contribution in [0.3, 0.4) is 0 Å². The topological polar surface area (TPSA) is 110 Å². The Kier molecular flexibility index (Phi) is 5.59. The minimum absolute atomic E-state index is 0.103. The van der Waals surface area contributed by atoms with Crippen molar-refractivity contribution in [3.63, 3.8) is 0 Å². The second-order valence-corrected chi connectivity index (χ2v) is 4.57. The highest BCUT2D eigenvalue weighted by Crippen LogP contribution is 2.18. The number of carboxylic acid groups (broad SMARTS) is 1. The van der Waals surface area contributed by atoms with Crippen LogP contribution in [0, 0.1) is 16.0 Å². The maximum absolute atomic E-state index is 11.7. The molecule has 0 aliphatic heterocycles. The molecule has 2 atom stereocenters. The largest absolute Gasteiger partial charge is 0.481 e. The summed E-state index contributed by atoms with van der Waals surface area (Å²) in [7, 11) is 0. The van der Waals surface area contributed by atoms with Crippen molar-refractivity contribution in [2.24, 2.45) is 5.92 Å². The Bertz CT molecular complexity index is 582. The van der Waals surface area contributed by atoms with Crippen LogP contribution >= 0.6 is 0 Å². The van der Waals surface area contributed by atoms with Gasteiger partial charge < -0.3 is 10.4 Å². The predicted octanol–water partition coefficient (Wildman–Crippen LogP) is 1.83. The van der Waals surface area contributed by atoms with Gasteiger partial charge in [-0.1, -0.05) is 12.1 Å². The van der Waals surface area contributed by atoms with Crippen LogP contribution in [-0.2, 0) is 9.59 Å². The molecule has 21 heavy (non-hydrogen) atoms. The number of hydrogen-bond donors (Lipinski definition) is 2. The molecule has 1 aromatic rings. The lowest BCUT2D eigenvalue weighted by Gasteiger charge is -2.16. The van der Waals surface area contributed by atoms with Crippen LogP contribution in [0.2, 0.25) is 0 Å². The monoisotopic (exact) mass is 292 g/mol. The third kappa shape index (κ3) is 4.72. The van der Waals surface area contributed by atoms with Gasteiger partial charge in [0, 0.05) is 18.2 Å². The zero-order valence-corrected chi connectivity index (χ0v) is 11.6. The van der Waals surface area contributed by atoms with Gasteiger partial charge in [0.25, 0.3) is 5.69 Å². The van der Waals surface area contributed by atoms with E-state index < -0.39 is 28.8 Å². The summed E-state index contributed by atoms with van der Waals surface area (Å²) >= 11 is 0. The van der Waals surface area contributed by atoms with Crippen LogP contribution < -0.4 is 5.32 Å². The molecule has 0 aromatic heterocycles. The van der Waals surface area contributed by atoms with E-state index in [-0.39, 0.29) is 5.69 Å². The van der Waals surface area contributed by atoms with Crippen molar-refractivity contribution in [3.8, 4) is 0 Å². The van der Waals surface area contributed by atoms with E-state index in [2.05, 4.69) is 5.32 Å². The number of carbonyl (C=O) groups excluding carboxylic acids is 1. The molecule has 0 fully saturated rings. The molecule has 1 rings (SSSR count). The number of carbonyl (C=O) groups is 2. The normalized spacial score (nSPS) is 13.6. The van der Waals surface area contributed by atoms with Crippen LogP contribution in [0.5, 0.6) is 0 Å². The summed E-state index contributed by atoms with van der Waals surface area (Å²) in [5, 5.41) is 22.1. The fourth-order valence-electron chi connectivity index (χ4n) is 1.57. The Morgan fingerprint density at radius 3 is 2.52 bits per heavy atom. The summed E-state index contributed by atoms with van der Waals surface area (Å²) in [5.74, 6) is -2.24. The molecule has 1 aromatic carbocycles. The van der Waals surface area contributed by atoms with Gasteiger partial charge in [-0.3, -0.25) is 19.7 Å². The number of hydrogen-bond acceptors (Lipinski definition) is 4. The molecule has 2 N–H and O–H groups in total. The van der Waals surface area contributed by atoms with Crippen molar-refractivity contribution in [1.82, 2.24) is 5.32 Å². The first-order valence-electron chi connectivity index (χ1n) is 6.27. The summed E-state index contributed by atoms with van der Waals surface area (Å²) in [4.78, 5) is 32.7. The molecule has 0 aliphatic carbocycles. The number of nitro groups is 1. The van der Waals surface area contributed by atoms with E-state index in [0.717, 1.165) is 6.08 Å². The van der Waals surface area contributed by atoms with Crippen molar-refractivity contribution >= 4 is 23.6 Å². The van der Waals surface area contributed by atoms with Crippen molar-refractivity contribution in [3.05, 3.63) is 46.0 Å². The molecule has 0 saturated heterocycles. The fraction of sp³-hybridized carbons (Fsp3) is 0.286. The van der Waals surface area contributed by atoms with Gasteiger partial charge >= 0.3 is 5.97 Å². The number of aliphatic carboxylic acids is 1. The minimum atomic E-state index is -1.01. The van der Waals surface area contributed by atoms with Crippen molar-refractivity contribution in [1.29, 1.82) is 0 Å². The lowest BCUT2D eigenvalue weighted by Crippen LogP contribution is -2.39. The molecule has 7 nitrogen and oxygen atoms in total. The average Bonchev–Trinajstić information content (AvgIpc) is 2.44. The minimum Gasteiger partial charge on any atom is -0.481 e. The van der Waals surface area contributed by atoms with Crippen LogP contribution in [0.4, 0.5) is 5.69 Å². The Morgan fingerprint density at radius 2 is 1.95 bits per heavy atom. The number of para-hydroxylation sites is 1. The number of nitro benzene ring substituents is 1. The Balaban J connectivity index is 2.75. The molecule has 0 saturated carbocycles. The Morgan fingerprint density at radius 1 is 1.33 bits per heavy atom. The van der Waals surface area contributed by atoms with Gasteiger partial charge in [0.15, 0.2) is 0 Å². The standard InChI is InChI=1S/C14H16N2O5/c1-9(14(18)19)10(2)15-13(17)8-7-11-5-3-4-6-12(11)16(20)21/h3-10H,1-2H3,(H,15,17)(H,18,19)/b8-7+. The number of amides is 1. The summed E-state index contributed by atoms with van der Waals surface area (Å²) in [6.45, 7) is 3.06. The van der Waals surface area contributed by atoms with Gasteiger partial charge in [-0.25, -0.2) is 0 Å². The first kappa shape index (κ1) is 16.4. The second-order valence-electron chi connectivity index (χ2n) is 4.57. The summed E-state index contributed by atoms with van der Waals surface area (Å²) in [5.41, 5.74) is 0.199. The molecule has 0 radical (unpaired) electrons. The summed E-state index contributed by atoms with van der Waals surface area (Å²) < 4.78 is 0. The zero-order chi connectivity index (χ0) is 16.0. The molecule has 0 spiro atoms. The molecule has 0 aliphatic rings. The third-order valence-electron chi connectivity index (χ3n) is 3.06. The highest BCUT2D eigenvalue weighted by Gasteiger charge is 2.20. The quantitative estimate of drug-likeness (QED) is 0.472. The molecule has 112 valence electrons. The SMILES string of the molecule is CC(NC(=O)/C=C/c1ccccc1[N+](=O)[O-])C(C)C(=O)O. The first-order valence-corrected chi connectivity index (χ1v) is 6.27. The maximum atomic E-state index is 11.7. The van der Waals surface area contributed by atoms with Crippen molar-refractivity contribution in [2.45, 2.75) is 19.9 Å². The predicted molar refractivity (Wildman–Crippen MR) is 76.5 cm³/mol. The molecular formula is C14H16N2O5. The number of rotatable bonds is 6. The molecule has 2 unspecified atom stereocenters. The van der Waals surface area contributed by atoms with Crippen molar-refractivity contribution in [2.75, 3.05) is 0 Å². The molecule has 1 amide bonds. The van der Waals surface area contributed by atoms with E-state index in [4.69, 9.17) is 5.11 Å². The van der Waals surface area contributed by atoms with Crippen LogP contribution in [0.25, 0.3) is 6.08 Å². The number of nitrogens with zero attached hydrogens (tertiary/aromatic N) is 1. The van der Waals surface area contributed by atoms with Gasteiger partial charge in [0.05, 0.1) is 16.4 Å². The van der Waals surface area contributed by atoms with Gasteiger partial charge in [-0.05, 0) is 26.0 Å². The Labute approximate surface area is 121 Å². The van der Waals surface area contributed by atoms with Gasteiger partial charge in [-0.15, -0.1) is 0 Å². The lowest BCUT2D eigenvalue weighted by molar-refractivity contribution is -0.385. The second kappa shape index (κ2) is 7.18. The number of carboxylic acids is 1. The highest BCUT2D eigenvalue weighted by molar-refractivity contribution is 5.92. The average molecular weight is 292 g/mol. The van der Waals surface area contributed by atoms with E-state index in [1.807, 2.05) is 0 Å². The van der Waals surface area contributed by atoms with Crippen LogP contribution in [0.1, 0.15) is 19.4 Å². The highest BCUT2D eigenvalue weighted by atomic mass is 16.6. The zero-order valence-electron chi connectivity index (χ0n) is 11.6. The molecular weight excluding hydrogens is 276 g/mol. The van der Waals surface area contributed by atoms with E-state index in [1.165, 1.54) is 31.2 Å². The lowest BCUT2D eigenvalue weighted by atomic mass is 10.0. The van der Waals surface area contributed by atoms with Crippen molar-refractivity contribution < 1.29 is 19.6 Å². The maximum Gasteiger partial charge on any atom is 0.308 e. The van der Waals surface area contributed by atoms with E-state index in [0.29, 0.717) is 5.56 Å². The smallest absolute Gasteiger partial charge is 0.308 e. The molecule has 0 bridgehead atoms. The number of nitrogens with one attached hydrogen (secondary N) is 1. The Hall–Kier alpha value is -2.70. The summed E-state index contributed by atoms with van der Waals surface area (Å²) in [6, 6.07) is 5.47. The van der Waals surface area contributed by atoms with Gasteiger partial charge in [-0.2, -0.15) is 0 Å². The van der Waals surface area contributed by atoms with Gasteiger partial charge in [0.1, 0.15) is 0 Å². The van der Waals surface area contributed by atoms with Gasteiger partial charge in [0.2, 0.25) is 5.91 Å². The van der Waals surface area contributed by atoms with Crippen LogP contribution in [-0.4, -0.2) is 27.9 Å². The number of benzene rings is 1. The summed E-state index contributed by atoms with van der Waals surface area (Å²) in [6.07, 6.45) is 2.47. The van der Waals surface area contributed by atoms with E-state index >= 15 is 0 Å². The van der Waals surface area contributed by atoms with E-state index in [9.17, 15) is 19.7 Å². The van der Waals surface area contributed by atoms with E-state index in [1.54, 1.807) is 13.0 Å².